The smallest absolute Gasteiger partial charge is 0.225 e. The molecule has 2 N–H and O–H groups in total. The first-order chi connectivity index (χ1) is 13.0. The van der Waals surface area contributed by atoms with Crippen molar-refractivity contribution in [3.8, 4) is 5.88 Å². The fraction of sp³-hybridized carbons (Fsp3) is 0.650. The molecule has 2 aliphatic rings. The molecule has 0 bridgehead atoms. The maximum absolute atomic E-state index is 11.2. The van der Waals surface area contributed by atoms with Crippen molar-refractivity contribution in [3.63, 3.8) is 0 Å². The summed E-state index contributed by atoms with van der Waals surface area (Å²) in [5.41, 5.74) is 6.69. The SMILES string of the molecule is CN(C)C1CCC(Oc2ncnc3sc4c(c23)C(CCC(N)=O)CC4)CC1. The monoisotopic (exact) mass is 388 g/mol. The Hall–Kier alpha value is -1.73. The Labute approximate surface area is 164 Å². The number of carbonyl (C=O) groups is 1. The highest BCUT2D eigenvalue weighted by atomic mass is 32.1. The molecule has 1 unspecified atom stereocenters. The van der Waals surface area contributed by atoms with Gasteiger partial charge in [0, 0.05) is 17.3 Å². The molecular weight excluding hydrogens is 360 g/mol. The van der Waals surface area contributed by atoms with Gasteiger partial charge in [-0.3, -0.25) is 4.79 Å². The lowest BCUT2D eigenvalue weighted by Crippen LogP contribution is -2.35. The normalized spacial score (nSPS) is 25.1. The molecule has 0 aliphatic heterocycles. The molecule has 6 nitrogen and oxygen atoms in total. The standard InChI is InChI=1S/C20H28N4O2S/c1-24(2)13-5-7-14(8-6-13)26-19-18-17-12(4-10-16(21)25)3-9-15(17)27-20(18)23-11-22-19/h11-14H,3-10H2,1-2H3,(H2,21,25). The van der Waals surface area contributed by atoms with Crippen LogP contribution in [0.5, 0.6) is 5.88 Å². The average molecular weight is 389 g/mol. The van der Waals surface area contributed by atoms with Crippen LogP contribution in [0.1, 0.15) is 61.3 Å². The minimum absolute atomic E-state index is 0.223. The summed E-state index contributed by atoms with van der Waals surface area (Å²) >= 11 is 1.75. The summed E-state index contributed by atoms with van der Waals surface area (Å²) in [6, 6.07) is 0.652. The quantitative estimate of drug-likeness (QED) is 0.821. The number of hydrogen-bond acceptors (Lipinski definition) is 6. The van der Waals surface area contributed by atoms with Crippen LogP contribution in [0.25, 0.3) is 10.2 Å². The van der Waals surface area contributed by atoms with Crippen molar-refractivity contribution in [2.45, 2.75) is 69.4 Å². The summed E-state index contributed by atoms with van der Waals surface area (Å²) in [5, 5.41) is 1.08. The van der Waals surface area contributed by atoms with Crippen molar-refractivity contribution in [2.24, 2.45) is 5.73 Å². The highest BCUT2D eigenvalue weighted by Crippen LogP contribution is 2.47. The molecule has 2 aromatic heterocycles. The second kappa shape index (κ2) is 7.72. The first kappa shape index (κ1) is 18.6. The Morgan fingerprint density at radius 3 is 2.74 bits per heavy atom. The summed E-state index contributed by atoms with van der Waals surface area (Å²) < 4.78 is 6.40. The van der Waals surface area contributed by atoms with E-state index in [1.54, 1.807) is 17.7 Å². The Kier molecular flexibility index (Phi) is 5.32. The summed E-state index contributed by atoms with van der Waals surface area (Å²) in [5.74, 6) is 0.865. The van der Waals surface area contributed by atoms with Crippen LogP contribution in [0.3, 0.4) is 0 Å². The zero-order valence-electron chi connectivity index (χ0n) is 16.1. The molecule has 1 fully saturated rings. The summed E-state index contributed by atoms with van der Waals surface area (Å²) in [7, 11) is 4.31. The third kappa shape index (κ3) is 3.80. The molecular formula is C20H28N4O2S. The van der Waals surface area contributed by atoms with Gasteiger partial charge in [-0.05, 0) is 70.5 Å². The predicted octanol–water partition coefficient (Wildman–Crippen LogP) is 3.24. The number of nitrogens with two attached hydrogens (primary N) is 1. The van der Waals surface area contributed by atoms with E-state index in [9.17, 15) is 4.79 Å². The lowest BCUT2D eigenvalue weighted by molar-refractivity contribution is -0.118. The van der Waals surface area contributed by atoms with Gasteiger partial charge >= 0.3 is 0 Å². The molecule has 0 aromatic carbocycles. The Balaban J connectivity index is 1.56. The van der Waals surface area contributed by atoms with E-state index in [0.717, 1.165) is 61.0 Å². The number of thiophene rings is 1. The van der Waals surface area contributed by atoms with Gasteiger partial charge in [-0.2, -0.15) is 0 Å². The van der Waals surface area contributed by atoms with Gasteiger partial charge in [0.1, 0.15) is 17.3 Å². The minimum atomic E-state index is -0.228. The van der Waals surface area contributed by atoms with Crippen molar-refractivity contribution in [2.75, 3.05) is 14.1 Å². The van der Waals surface area contributed by atoms with Crippen LogP contribution >= 0.6 is 11.3 Å². The number of carbonyl (C=O) groups excluding carboxylic acids is 1. The van der Waals surface area contributed by atoms with Crippen LogP contribution in [-0.4, -0.2) is 47.0 Å². The molecule has 0 radical (unpaired) electrons. The maximum atomic E-state index is 11.2. The number of aromatic nitrogens is 2. The molecule has 2 aromatic rings. The Morgan fingerprint density at radius 1 is 1.26 bits per heavy atom. The third-order valence-corrected chi connectivity index (χ3v) is 7.26. The molecule has 1 atom stereocenters. The van der Waals surface area contributed by atoms with Gasteiger partial charge in [-0.15, -0.1) is 11.3 Å². The highest BCUT2D eigenvalue weighted by molar-refractivity contribution is 7.19. The summed E-state index contributed by atoms with van der Waals surface area (Å²) in [4.78, 5) is 24.9. The largest absolute Gasteiger partial charge is 0.474 e. The van der Waals surface area contributed by atoms with Crippen molar-refractivity contribution in [3.05, 3.63) is 16.8 Å². The zero-order valence-corrected chi connectivity index (χ0v) is 16.9. The van der Waals surface area contributed by atoms with E-state index in [1.165, 1.54) is 10.4 Å². The van der Waals surface area contributed by atoms with Crippen LogP contribution in [0.15, 0.2) is 6.33 Å². The molecule has 0 saturated heterocycles. The number of nitrogens with zero attached hydrogens (tertiary/aromatic N) is 3. The van der Waals surface area contributed by atoms with E-state index in [4.69, 9.17) is 10.5 Å². The lowest BCUT2D eigenvalue weighted by atomic mass is 9.92. The van der Waals surface area contributed by atoms with Gasteiger partial charge in [0.15, 0.2) is 0 Å². The van der Waals surface area contributed by atoms with Gasteiger partial charge in [0.25, 0.3) is 0 Å². The van der Waals surface area contributed by atoms with Crippen LogP contribution < -0.4 is 10.5 Å². The van der Waals surface area contributed by atoms with Crippen molar-refractivity contribution in [1.29, 1.82) is 0 Å². The first-order valence-corrected chi connectivity index (χ1v) is 10.7. The van der Waals surface area contributed by atoms with E-state index < -0.39 is 0 Å². The van der Waals surface area contributed by atoms with Crippen LogP contribution in [0.4, 0.5) is 0 Å². The third-order valence-electron chi connectivity index (χ3n) is 6.09. The molecule has 27 heavy (non-hydrogen) atoms. The Morgan fingerprint density at radius 2 is 2.04 bits per heavy atom. The predicted molar refractivity (Wildman–Crippen MR) is 107 cm³/mol. The van der Waals surface area contributed by atoms with Crippen molar-refractivity contribution >= 4 is 27.5 Å². The lowest BCUT2D eigenvalue weighted by Gasteiger charge is -2.32. The number of ether oxygens (including phenoxy) is 1. The van der Waals surface area contributed by atoms with E-state index in [1.807, 2.05) is 0 Å². The molecule has 146 valence electrons. The van der Waals surface area contributed by atoms with Crippen molar-refractivity contribution < 1.29 is 9.53 Å². The molecule has 2 aliphatic carbocycles. The highest BCUT2D eigenvalue weighted by Gasteiger charge is 2.31. The van der Waals surface area contributed by atoms with Gasteiger partial charge in [-0.25, -0.2) is 9.97 Å². The van der Waals surface area contributed by atoms with Crippen molar-refractivity contribution in [1.82, 2.24) is 14.9 Å². The number of aryl methyl sites for hydroxylation is 1. The van der Waals surface area contributed by atoms with Crippen LogP contribution in [0, 0.1) is 0 Å². The fourth-order valence-corrected chi connectivity index (χ4v) is 5.80. The average Bonchev–Trinajstić information content (AvgIpc) is 3.20. The van der Waals surface area contributed by atoms with E-state index >= 15 is 0 Å². The molecule has 1 amide bonds. The van der Waals surface area contributed by atoms with Crippen LogP contribution in [0.2, 0.25) is 0 Å². The molecule has 0 spiro atoms. The van der Waals surface area contributed by atoms with E-state index in [2.05, 4.69) is 29.0 Å². The van der Waals surface area contributed by atoms with Gasteiger partial charge in [0.05, 0.1) is 5.39 Å². The topological polar surface area (TPSA) is 81.3 Å². The summed E-state index contributed by atoms with van der Waals surface area (Å²) in [6.45, 7) is 0. The maximum Gasteiger partial charge on any atom is 0.225 e. The van der Waals surface area contributed by atoms with Gasteiger partial charge < -0.3 is 15.4 Å². The van der Waals surface area contributed by atoms with Gasteiger partial charge in [0.2, 0.25) is 11.8 Å². The molecule has 1 saturated carbocycles. The Bertz CT molecular complexity index is 827. The number of amides is 1. The van der Waals surface area contributed by atoms with Crippen LogP contribution in [-0.2, 0) is 11.2 Å². The van der Waals surface area contributed by atoms with Gasteiger partial charge in [-0.1, -0.05) is 0 Å². The first-order valence-electron chi connectivity index (χ1n) is 9.90. The molecule has 2 heterocycles. The number of primary amides is 1. The minimum Gasteiger partial charge on any atom is -0.474 e. The fourth-order valence-electron chi connectivity index (χ4n) is 4.57. The second-order valence-corrected chi connectivity index (χ2v) is 9.13. The second-order valence-electron chi connectivity index (χ2n) is 8.05. The molecule has 4 rings (SSSR count). The van der Waals surface area contributed by atoms with E-state index in [0.29, 0.717) is 18.4 Å². The number of fused-ring (bicyclic) bond motifs is 3. The zero-order chi connectivity index (χ0) is 19.0. The number of hydrogen-bond donors (Lipinski definition) is 1. The number of rotatable bonds is 6. The molecule has 7 heteroatoms. The van der Waals surface area contributed by atoms with E-state index in [-0.39, 0.29) is 12.0 Å². The summed E-state index contributed by atoms with van der Waals surface area (Å²) in [6.07, 6.45) is 9.64.